The van der Waals surface area contributed by atoms with Gasteiger partial charge in [0.15, 0.2) is 10.7 Å². The molecule has 9 heteroatoms. The van der Waals surface area contributed by atoms with E-state index in [-0.39, 0.29) is 27.6 Å². The number of anilines is 2. The van der Waals surface area contributed by atoms with Crippen LogP contribution in [0.3, 0.4) is 0 Å². The second kappa shape index (κ2) is 7.96. The van der Waals surface area contributed by atoms with E-state index in [1.54, 1.807) is 62.6 Å². The first-order chi connectivity index (χ1) is 13.8. The maximum absolute atomic E-state index is 13.1. The average Bonchev–Trinajstić information content (AvgIpc) is 3.06. The third kappa shape index (κ3) is 3.95. The molecule has 8 nitrogen and oxygen atoms in total. The normalized spacial score (nSPS) is 11.2. The fourth-order valence-electron chi connectivity index (χ4n) is 2.92. The van der Waals surface area contributed by atoms with Gasteiger partial charge in [-0.25, -0.2) is 8.42 Å². The molecule has 0 saturated carbocycles. The Kier molecular flexibility index (Phi) is 5.60. The highest BCUT2D eigenvalue weighted by molar-refractivity contribution is 7.92. The number of para-hydroxylation sites is 1. The van der Waals surface area contributed by atoms with Gasteiger partial charge in [-0.1, -0.05) is 17.3 Å². The van der Waals surface area contributed by atoms with Crippen molar-refractivity contribution in [2.24, 2.45) is 0 Å². The van der Waals surface area contributed by atoms with Crippen molar-refractivity contribution < 1.29 is 22.5 Å². The van der Waals surface area contributed by atoms with E-state index in [1.807, 2.05) is 0 Å². The van der Waals surface area contributed by atoms with Crippen molar-refractivity contribution in [3.05, 3.63) is 65.5 Å². The molecule has 1 heterocycles. The number of sulfonamides is 1. The minimum Gasteiger partial charge on any atom is -0.497 e. The maximum atomic E-state index is 13.1. The molecule has 0 saturated heterocycles. The Morgan fingerprint density at radius 1 is 1.10 bits per heavy atom. The second-order valence-electron chi connectivity index (χ2n) is 6.33. The molecule has 29 heavy (non-hydrogen) atoms. The summed E-state index contributed by atoms with van der Waals surface area (Å²) in [6.07, 6.45) is 0. The second-order valence-corrected chi connectivity index (χ2v) is 8.23. The summed E-state index contributed by atoms with van der Waals surface area (Å²) in [6.45, 7) is 3.09. The molecule has 0 bridgehead atoms. The van der Waals surface area contributed by atoms with Crippen molar-refractivity contribution in [3.8, 4) is 5.75 Å². The van der Waals surface area contributed by atoms with Crippen LogP contribution in [0.1, 0.15) is 21.8 Å². The van der Waals surface area contributed by atoms with E-state index in [2.05, 4.69) is 10.5 Å². The summed E-state index contributed by atoms with van der Waals surface area (Å²) < 4.78 is 37.4. The number of aryl methyl sites for hydroxylation is 2. The number of carbonyl (C=O) groups excluding carboxylic acids is 1. The van der Waals surface area contributed by atoms with Crippen molar-refractivity contribution in [2.45, 2.75) is 18.7 Å². The molecule has 0 spiro atoms. The molecule has 1 amide bonds. The zero-order chi connectivity index (χ0) is 21.2. The number of carbonyl (C=O) groups is 1. The highest BCUT2D eigenvalue weighted by Gasteiger charge is 2.30. The fraction of sp³-hybridized carbons (Fsp3) is 0.200. The van der Waals surface area contributed by atoms with Gasteiger partial charge in [-0.2, -0.15) is 0 Å². The highest BCUT2D eigenvalue weighted by atomic mass is 32.2. The van der Waals surface area contributed by atoms with Crippen LogP contribution in [0, 0.1) is 13.8 Å². The van der Waals surface area contributed by atoms with Crippen LogP contribution in [0.15, 0.2) is 57.9 Å². The highest BCUT2D eigenvalue weighted by Crippen LogP contribution is 2.29. The van der Waals surface area contributed by atoms with Gasteiger partial charge in [0, 0.05) is 12.7 Å². The molecule has 152 valence electrons. The van der Waals surface area contributed by atoms with Gasteiger partial charge in [0.25, 0.3) is 15.9 Å². The Hall–Kier alpha value is -3.33. The number of nitrogens with one attached hydrogen (secondary N) is 1. The third-order valence-corrected chi connectivity index (χ3v) is 6.44. The predicted molar refractivity (Wildman–Crippen MR) is 109 cm³/mol. The monoisotopic (exact) mass is 415 g/mol. The van der Waals surface area contributed by atoms with E-state index in [1.165, 1.54) is 14.0 Å². The number of methoxy groups -OCH3 is 1. The average molecular weight is 415 g/mol. The number of nitrogens with zero attached hydrogens (tertiary/aromatic N) is 2. The van der Waals surface area contributed by atoms with E-state index in [9.17, 15) is 13.2 Å². The molecule has 0 aliphatic carbocycles. The Morgan fingerprint density at radius 3 is 2.34 bits per heavy atom. The lowest BCUT2D eigenvalue weighted by molar-refractivity contribution is 0.102. The fourth-order valence-corrected chi connectivity index (χ4v) is 4.43. The van der Waals surface area contributed by atoms with Crippen molar-refractivity contribution in [2.75, 3.05) is 23.8 Å². The summed E-state index contributed by atoms with van der Waals surface area (Å²) >= 11 is 0. The van der Waals surface area contributed by atoms with Gasteiger partial charge in [-0.05, 0) is 50.2 Å². The van der Waals surface area contributed by atoms with Crippen LogP contribution < -0.4 is 14.4 Å². The summed E-state index contributed by atoms with van der Waals surface area (Å²) in [4.78, 5) is 12.8. The van der Waals surface area contributed by atoms with Gasteiger partial charge in [0.2, 0.25) is 0 Å². The van der Waals surface area contributed by atoms with E-state index in [0.717, 1.165) is 4.31 Å². The Bertz CT molecular complexity index is 1120. The zero-order valence-corrected chi connectivity index (χ0v) is 17.3. The van der Waals surface area contributed by atoms with E-state index in [0.29, 0.717) is 11.4 Å². The molecule has 0 unspecified atom stereocenters. The molecule has 1 aromatic heterocycles. The predicted octanol–water partition coefficient (Wildman–Crippen LogP) is 3.38. The van der Waals surface area contributed by atoms with Crippen LogP contribution in [0.2, 0.25) is 0 Å². The van der Waals surface area contributed by atoms with Crippen molar-refractivity contribution in [1.29, 1.82) is 0 Å². The van der Waals surface area contributed by atoms with Gasteiger partial charge in [-0.3, -0.25) is 9.10 Å². The largest absolute Gasteiger partial charge is 0.497 e. The summed E-state index contributed by atoms with van der Waals surface area (Å²) in [5.41, 5.74) is 1.26. The molecule has 2 aromatic carbocycles. The van der Waals surface area contributed by atoms with E-state index < -0.39 is 15.9 Å². The zero-order valence-electron chi connectivity index (χ0n) is 16.5. The first-order valence-electron chi connectivity index (χ1n) is 8.72. The molecule has 3 aromatic rings. The molecule has 3 rings (SSSR count). The van der Waals surface area contributed by atoms with Crippen LogP contribution in [-0.2, 0) is 10.0 Å². The Labute approximate surface area is 169 Å². The van der Waals surface area contributed by atoms with Gasteiger partial charge in [0.1, 0.15) is 11.4 Å². The van der Waals surface area contributed by atoms with E-state index >= 15 is 0 Å². The molecule has 1 N–H and O–H groups in total. The Morgan fingerprint density at radius 2 is 1.76 bits per heavy atom. The first-order valence-corrected chi connectivity index (χ1v) is 10.2. The molecular formula is C20H21N3O5S. The number of amides is 1. The molecule has 0 aliphatic heterocycles. The number of hydrogen-bond donors (Lipinski definition) is 1. The quantitative estimate of drug-likeness (QED) is 0.662. The lowest BCUT2D eigenvalue weighted by Crippen LogP contribution is -2.29. The summed E-state index contributed by atoms with van der Waals surface area (Å²) in [5, 5.41) is 6.48. The summed E-state index contributed by atoms with van der Waals surface area (Å²) in [6, 6.07) is 13.3. The summed E-state index contributed by atoms with van der Waals surface area (Å²) in [7, 11) is -1.02. The number of hydrogen-bond acceptors (Lipinski definition) is 6. The lowest BCUT2D eigenvalue weighted by Gasteiger charge is -2.22. The Balaban J connectivity index is 1.94. The lowest BCUT2D eigenvalue weighted by atomic mass is 10.1. The standard InChI is InChI=1S/C20H21N3O5S/c1-13-19(14(2)28-22-13)29(25,26)23(3)18-8-6-5-7-17(18)20(24)21-15-9-11-16(27-4)12-10-15/h5-12H,1-4H3,(H,21,24). The van der Waals surface area contributed by atoms with Gasteiger partial charge >= 0.3 is 0 Å². The topological polar surface area (TPSA) is 102 Å². The van der Waals surface area contributed by atoms with E-state index in [4.69, 9.17) is 9.26 Å². The smallest absolute Gasteiger partial charge is 0.269 e. The number of ether oxygens (including phenoxy) is 1. The number of rotatable bonds is 6. The van der Waals surface area contributed by atoms with Gasteiger partial charge < -0.3 is 14.6 Å². The first kappa shape index (κ1) is 20.4. The minimum atomic E-state index is -3.97. The van der Waals surface area contributed by atoms with Gasteiger partial charge in [-0.15, -0.1) is 0 Å². The number of benzene rings is 2. The van der Waals surface area contributed by atoms with Crippen LogP contribution >= 0.6 is 0 Å². The third-order valence-electron chi connectivity index (χ3n) is 4.42. The van der Waals surface area contributed by atoms with Crippen LogP contribution in [0.5, 0.6) is 5.75 Å². The minimum absolute atomic E-state index is 0.00892. The van der Waals surface area contributed by atoms with Crippen LogP contribution in [0.25, 0.3) is 0 Å². The molecule has 0 radical (unpaired) electrons. The maximum Gasteiger partial charge on any atom is 0.269 e. The summed E-state index contributed by atoms with van der Waals surface area (Å²) in [5.74, 6) is 0.412. The molecular weight excluding hydrogens is 394 g/mol. The van der Waals surface area contributed by atoms with Crippen molar-refractivity contribution in [3.63, 3.8) is 0 Å². The van der Waals surface area contributed by atoms with Gasteiger partial charge in [0.05, 0.1) is 18.4 Å². The van der Waals surface area contributed by atoms with Crippen LogP contribution in [0.4, 0.5) is 11.4 Å². The van der Waals surface area contributed by atoms with Crippen LogP contribution in [-0.4, -0.2) is 33.6 Å². The van der Waals surface area contributed by atoms with Crippen molar-refractivity contribution >= 4 is 27.3 Å². The molecule has 0 fully saturated rings. The van der Waals surface area contributed by atoms with Crippen molar-refractivity contribution in [1.82, 2.24) is 5.16 Å². The number of aromatic nitrogens is 1. The molecule has 0 aliphatic rings. The SMILES string of the molecule is COc1ccc(NC(=O)c2ccccc2N(C)S(=O)(=O)c2c(C)noc2C)cc1. The molecule has 0 atom stereocenters.